The van der Waals surface area contributed by atoms with Gasteiger partial charge < -0.3 is 9.64 Å². The summed E-state index contributed by atoms with van der Waals surface area (Å²) in [5, 5.41) is 13.3. The fourth-order valence-corrected chi connectivity index (χ4v) is 3.59. The van der Waals surface area contributed by atoms with Crippen molar-refractivity contribution < 1.29 is 9.53 Å². The number of rotatable bonds is 4. The van der Waals surface area contributed by atoms with Crippen LogP contribution in [-0.2, 0) is 14.9 Å². The van der Waals surface area contributed by atoms with Gasteiger partial charge in [-0.1, -0.05) is 34.6 Å². The maximum Gasteiger partial charge on any atom is 0.314 e. The molecule has 1 fully saturated rings. The Morgan fingerprint density at radius 2 is 2.04 bits per heavy atom. The third kappa shape index (κ3) is 3.04. The predicted molar refractivity (Wildman–Crippen MR) is 100 cm³/mol. The van der Waals surface area contributed by atoms with Crippen LogP contribution in [0.1, 0.15) is 53.8 Å². The zero-order valence-corrected chi connectivity index (χ0v) is 16.6. The number of nitrogens with zero attached hydrogens (tertiary/aromatic N) is 5. The van der Waals surface area contributed by atoms with Crippen molar-refractivity contribution in [2.75, 3.05) is 24.6 Å². The minimum atomic E-state index is -0.479. The van der Waals surface area contributed by atoms with Gasteiger partial charge in [0.15, 0.2) is 11.5 Å². The molecule has 0 N–H and O–H groups in total. The number of hydrogen-bond donors (Lipinski definition) is 0. The number of carbonyl (C=O) groups excluding carboxylic acids is 1. The van der Waals surface area contributed by atoms with Crippen LogP contribution in [0.3, 0.4) is 0 Å². The zero-order valence-electron chi connectivity index (χ0n) is 16.6. The van der Waals surface area contributed by atoms with Gasteiger partial charge in [-0.05, 0) is 31.4 Å². The normalized spacial score (nSPS) is 21.0. The van der Waals surface area contributed by atoms with Crippen molar-refractivity contribution in [2.45, 2.75) is 53.4 Å². The SMILES string of the molecule is CCOC(=O)C1(C(C)C)CCN(c2ccc3nnc(C(C)(C)C)n3n2)C1. The molecule has 7 heteroatoms. The molecule has 7 nitrogen and oxygen atoms in total. The molecule has 142 valence electrons. The van der Waals surface area contributed by atoms with Gasteiger partial charge in [-0.25, -0.2) is 0 Å². The van der Waals surface area contributed by atoms with Crippen molar-refractivity contribution in [3.63, 3.8) is 0 Å². The average Bonchev–Trinajstić information content (AvgIpc) is 3.19. The Balaban J connectivity index is 1.94. The summed E-state index contributed by atoms with van der Waals surface area (Å²) in [6, 6.07) is 3.89. The van der Waals surface area contributed by atoms with E-state index in [0.717, 1.165) is 30.3 Å². The summed E-state index contributed by atoms with van der Waals surface area (Å²) >= 11 is 0. The topological polar surface area (TPSA) is 72.6 Å². The van der Waals surface area contributed by atoms with Crippen LogP contribution in [0.25, 0.3) is 5.65 Å². The van der Waals surface area contributed by atoms with E-state index in [4.69, 9.17) is 9.84 Å². The first kappa shape index (κ1) is 18.6. The molecule has 0 bridgehead atoms. The molecule has 3 rings (SSSR count). The van der Waals surface area contributed by atoms with Gasteiger partial charge in [0.05, 0.1) is 12.0 Å². The molecule has 0 aromatic carbocycles. The molecule has 26 heavy (non-hydrogen) atoms. The molecule has 0 radical (unpaired) electrons. The Morgan fingerprint density at radius 1 is 1.31 bits per heavy atom. The lowest BCUT2D eigenvalue weighted by molar-refractivity contribution is -0.156. The van der Waals surface area contributed by atoms with Crippen LogP contribution in [-0.4, -0.2) is 45.5 Å². The Morgan fingerprint density at radius 3 is 2.65 bits per heavy atom. The minimum absolute atomic E-state index is 0.0988. The summed E-state index contributed by atoms with van der Waals surface area (Å²) in [5.74, 6) is 1.78. The van der Waals surface area contributed by atoms with E-state index >= 15 is 0 Å². The van der Waals surface area contributed by atoms with Crippen molar-refractivity contribution >= 4 is 17.4 Å². The lowest BCUT2D eigenvalue weighted by Crippen LogP contribution is -2.41. The van der Waals surface area contributed by atoms with Crippen molar-refractivity contribution in [1.82, 2.24) is 19.8 Å². The first-order valence-electron chi connectivity index (χ1n) is 9.34. The third-order valence-electron chi connectivity index (χ3n) is 5.33. The standard InChI is InChI=1S/C19H29N5O2/c1-7-26-17(25)19(13(2)3)10-11-23(12-19)15-9-8-14-20-21-16(18(4,5)6)24(14)22-15/h8-9,13H,7,10-12H2,1-6H3. The smallest absolute Gasteiger partial charge is 0.314 e. The van der Waals surface area contributed by atoms with Gasteiger partial charge in [0, 0.05) is 18.5 Å². The molecule has 1 aliphatic rings. The second-order valence-corrected chi connectivity index (χ2v) is 8.44. The maximum atomic E-state index is 12.6. The minimum Gasteiger partial charge on any atom is -0.466 e. The van der Waals surface area contributed by atoms with Crippen molar-refractivity contribution in [3.05, 3.63) is 18.0 Å². The van der Waals surface area contributed by atoms with Crippen LogP contribution < -0.4 is 4.90 Å². The van der Waals surface area contributed by atoms with E-state index in [9.17, 15) is 4.79 Å². The summed E-state index contributed by atoms with van der Waals surface area (Å²) in [7, 11) is 0. The summed E-state index contributed by atoms with van der Waals surface area (Å²) < 4.78 is 7.20. The fraction of sp³-hybridized carbons (Fsp3) is 0.684. The molecule has 0 spiro atoms. The molecular weight excluding hydrogens is 330 g/mol. The van der Waals surface area contributed by atoms with Gasteiger partial charge in [-0.15, -0.1) is 15.3 Å². The fourth-order valence-electron chi connectivity index (χ4n) is 3.59. The molecular formula is C19H29N5O2. The van der Waals surface area contributed by atoms with Crippen molar-refractivity contribution in [3.8, 4) is 0 Å². The van der Waals surface area contributed by atoms with Crippen LogP contribution in [0.4, 0.5) is 5.82 Å². The van der Waals surface area contributed by atoms with Gasteiger partial charge in [-0.3, -0.25) is 4.79 Å². The molecule has 1 saturated heterocycles. The van der Waals surface area contributed by atoms with Gasteiger partial charge in [0.25, 0.3) is 0 Å². The van der Waals surface area contributed by atoms with Gasteiger partial charge in [-0.2, -0.15) is 4.52 Å². The quantitative estimate of drug-likeness (QED) is 0.782. The second kappa shape index (κ2) is 6.52. The lowest BCUT2D eigenvalue weighted by atomic mass is 9.76. The number of anilines is 1. The predicted octanol–water partition coefficient (Wildman–Crippen LogP) is 2.84. The first-order valence-corrected chi connectivity index (χ1v) is 9.34. The van der Waals surface area contributed by atoms with Gasteiger partial charge >= 0.3 is 5.97 Å². The number of fused-ring (bicyclic) bond motifs is 1. The van der Waals surface area contributed by atoms with Crippen LogP contribution in [0.2, 0.25) is 0 Å². The van der Waals surface area contributed by atoms with E-state index in [2.05, 4.69) is 49.7 Å². The van der Waals surface area contributed by atoms with Crippen LogP contribution in [0.15, 0.2) is 12.1 Å². The highest BCUT2D eigenvalue weighted by atomic mass is 16.5. The third-order valence-corrected chi connectivity index (χ3v) is 5.33. The average molecular weight is 359 g/mol. The molecule has 1 aliphatic heterocycles. The highest BCUT2D eigenvalue weighted by Crippen LogP contribution is 2.40. The van der Waals surface area contributed by atoms with E-state index < -0.39 is 5.41 Å². The lowest BCUT2D eigenvalue weighted by Gasteiger charge is -2.31. The molecule has 3 heterocycles. The zero-order chi connectivity index (χ0) is 19.1. The van der Waals surface area contributed by atoms with E-state index in [0.29, 0.717) is 13.2 Å². The van der Waals surface area contributed by atoms with Crippen molar-refractivity contribution in [2.24, 2.45) is 11.3 Å². The Labute approximate surface area is 154 Å². The Kier molecular flexibility index (Phi) is 4.67. The van der Waals surface area contributed by atoms with Crippen LogP contribution >= 0.6 is 0 Å². The number of hydrogen-bond acceptors (Lipinski definition) is 6. The molecule has 1 unspecified atom stereocenters. The molecule has 2 aromatic heterocycles. The largest absolute Gasteiger partial charge is 0.466 e. The number of carbonyl (C=O) groups is 1. The van der Waals surface area contributed by atoms with E-state index in [1.807, 2.05) is 23.6 Å². The monoisotopic (exact) mass is 359 g/mol. The first-order chi connectivity index (χ1) is 12.2. The van der Waals surface area contributed by atoms with E-state index in [1.54, 1.807) is 0 Å². The van der Waals surface area contributed by atoms with Gasteiger partial charge in [0.2, 0.25) is 0 Å². The molecule has 2 aromatic rings. The van der Waals surface area contributed by atoms with Crippen LogP contribution in [0, 0.1) is 11.3 Å². The second-order valence-electron chi connectivity index (χ2n) is 8.44. The highest BCUT2D eigenvalue weighted by Gasteiger charge is 2.48. The molecule has 1 atom stereocenters. The maximum absolute atomic E-state index is 12.6. The summed E-state index contributed by atoms with van der Waals surface area (Å²) in [4.78, 5) is 14.8. The number of aromatic nitrogens is 4. The van der Waals surface area contributed by atoms with E-state index in [1.165, 1.54) is 0 Å². The Bertz CT molecular complexity index is 808. The number of esters is 1. The van der Waals surface area contributed by atoms with Crippen LogP contribution in [0.5, 0.6) is 0 Å². The highest BCUT2D eigenvalue weighted by molar-refractivity contribution is 5.79. The molecule has 0 amide bonds. The molecule has 0 saturated carbocycles. The summed E-state index contributed by atoms with van der Waals surface area (Å²) in [6.07, 6.45) is 0.775. The summed E-state index contributed by atoms with van der Waals surface area (Å²) in [5.41, 5.74) is 0.105. The van der Waals surface area contributed by atoms with Crippen molar-refractivity contribution in [1.29, 1.82) is 0 Å². The summed E-state index contributed by atoms with van der Waals surface area (Å²) in [6.45, 7) is 14.1. The molecule has 0 aliphatic carbocycles. The van der Waals surface area contributed by atoms with E-state index in [-0.39, 0.29) is 17.3 Å². The van der Waals surface area contributed by atoms with Gasteiger partial charge in [0.1, 0.15) is 5.82 Å². The number of ether oxygens (including phenoxy) is 1. The Hall–Kier alpha value is -2.18.